The normalized spacial score (nSPS) is 16.8. The highest BCUT2D eigenvalue weighted by Gasteiger charge is 2.26. The smallest absolute Gasteiger partial charge is 0.340 e. The van der Waals surface area contributed by atoms with E-state index in [-0.39, 0.29) is 5.97 Å². The summed E-state index contributed by atoms with van der Waals surface area (Å²) in [6.45, 7) is 6.72. The van der Waals surface area contributed by atoms with Crippen LogP contribution in [0.2, 0.25) is 0 Å². The fourth-order valence-corrected chi connectivity index (χ4v) is 4.11. The van der Waals surface area contributed by atoms with E-state index < -0.39 is 0 Å². The van der Waals surface area contributed by atoms with E-state index in [0.29, 0.717) is 24.8 Å². The van der Waals surface area contributed by atoms with Crippen LogP contribution >= 0.6 is 0 Å². The van der Waals surface area contributed by atoms with Gasteiger partial charge in [0.2, 0.25) is 0 Å². The summed E-state index contributed by atoms with van der Waals surface area (Å²) in [5, 5.41) is 4.61. The first-order valence-corrected chi connectivity index (χ1v) is 10.2. The molecule has 0 saturated carbocycles. The largest absolute Gasteiger partial charge is 0.462 e. The van der Waals surface area contributed by atoms with Crippen molar-refractivity contribution in [3.8, 4) is 0 Å². The number of nitrogens with zero attached hydrogens (tertiary/aromatic N) is 2. The van der Waals surface area contributed by atoms with Gasteiger partial charge in [-0.3, -0.25) is 9.88 Å². The molecule has 1 aromatic heterocycles. The van der Waals surface area contributed by atoms with E-state index in [4.69, 9.17) is 9.72 Å². The van der Waals surface area contributed by atoms with Crippen molar-refractivity contribution in [3.05, 3.63) is 71.4 Å². The predicted molar refractivity (Wildman–Crippen MR) is 116 cm³/mol. The lowest BCUT2D eigenvalue weighted by Gasteiger charge is -2.20. The number of aromatic nitrogens is 1. The molecule has 0 aliphatic carbocycles. The fraction of sp³-hybridized carbons (Fsp3) is 0.333. The number of ether oxygens (including phenoxy) is 1. The molecule has 1 atom stereocenters. The maximum Gasteiger partial charge on any atom is 0.340 e. The summed E-state index contributed by atoms with van der Waals surface area (Å²) in [6.07, 6.45) is 1.07. The summed E-state index contributed by atoms with van der Waals surface area (Å²) in [6, 6.07) is 18.7. The Labute approximate surface area is 171 Å². The first-order chi connectivity index (χ1) is 14.2. The molecule has 4 rings (SSSR count). The highest BCUT2D eigenvalue weighted by atomic mass is 16.5. The molecule has 2 heterocycles. The maximum absolute atomic E-state index is 12.7. The van der Waals surface area contributed by atoms with Crippen LogP contribution in [0.3, 0.4) is 0 Å². The van der Waals surface area contributed by atoms with Crippen LogP contribution in [-0.2, 0) is 11.3 Å². The molecule has 29 heavy (non-hydrogen) atoms. The van der Waals surface area contributed by atoms with Crippen molar-refractivity contribution < 1.29 is 9.53 Å². The van der Waals surface area contributed by atoms with E-state index in [1.165, 1.54) is 0 Å². The van der Waals surface area contributed by atoms with Gasteiger partial charge in [0, 0.05) is 36.7 Å². The van der Waals surface area contributed by atoms with Gasteiger partial charge >= 0.3 is 5.97 Å². The number of para-hydroxylation sites is 2. The Balaban J connectivity index is 1.57. The number of anilines is 1. The Morgan fingerprint density at radius 1 is 1.17 bits per heavy atom. The first-order valence-electron chi connectivity index (χ1n) is 10.2. The third-order valence-corrected chi connectivity index (χ3v) is 5.50. The van der Waals surface area contributed by atoms with Gasteiger partial charge < -0.3 is 10.1 Å². The number of nitrogens with one attached hydrogen (secondary N) is 1. The number of pyridine rings is 1. The summed E-state index contributed by atoms with van der Waals surface area (Å²) in [5.41, 5.74) is 4.43. The topological polar surface area (TPSA) is 54.5 Å². The third kappa shape index (κ3) is 4.25. The van der Waals surface area contributed by atoms with E-state index >= 15 is 0 Å². The van der Waals surface area contributed by atoms with Gasteiger partial charge in [-0.05, 0) is 44.0 Å². The van der Waals surface area contributed by atoms with E-state index in [1.54, 1.807) is 0 Å². The standard InChI is InChI=1S/C24H27N3O2/c1-3-29-24(28)23-17(2)20-11-7-8-12-21(20)26-22(23)16-27-14-13-19(15-27)25-18-9-5-4-6-10-18/h4-12,19,25H,3,13-16H2,1-2H3. The molecule has 0 radical (unpaired) electrons. The van der Waals surface area contributed by atoms with Crippen molar-refractivity contribution in [3.63, 3.8) is 0 Å². The lowest BCUT2D eigenvalue weighted by Crippen LogP contribution is -2.27. The van der Waals surface area contributed by atoms with Gasteiger partial charge in [-0.2, -0.15) is 0 Å². The van der Waals surface area contributed by atoms with Crippen LogP contribution in [0, 0.1) is 6.92 Å². The SMILES string of the molecule is CCOC(=O)c1c(CN2CCC(Nc3ccccc3)C2)nc2ccccc2c1C. The number of rotatable bonds is 6. The van der Waals surface area contributed by atoms with Crippen LogP contribution in [0.5, 0.6) is 0 Å². The van der Waals surface area contributed by atoms with Crippen LogP contribution < -0.4 is 5.32 Å². The van der Waals surface area contributed by atoms with Crippen molar-refractivity contribution in [1.29, 1.82) is 0 Å². The van der Waals surface area contributed by atoms with Gasteiger partial charge in [0.1, 0.15) is 0 Å². The molecule has 5 nitrogen and oxygen atoms in total. The van der Waals surface area contributed by atoms with Crippen molar-refractivity contribution in [2.24, 2.45) is 0 Å². The molecular weight excluding hydrogens is 362 g/mol. The van der Waals surface area contributed by atoms with Crippen LogP contribution in [0.15, 0.2) is 54.6 Å². The first kappa shape index (κ1) is 19.4. The summed E-state index contributed by atoms with van der Waals surface area (Å²) in [5.74, 6) is -0.281. The molecule has 1 unspecified atom stereocenters. The van der Waals surface area contributed by atoms with Gasteiger partial charge in [-0.25, -0.2) is 4.79 Å². The Morgan fingerprint density at radius 3 is 2.72 bits per heavy atom. The molecule has 3 aromatic rings. The van der Waals surface area contributed by atoms with E-state index in [0.717, 1.165) is 47.4 Å². The molecule has 0 bridgehead atoms. The molecule has 0 amide bonds. The minimum absolute atomic E-state index is 0.281. The minimum Gasteiger partial charge on any atom is -0.462 e. The molecule has 1 fully saturated rings. The molecule has 2 aromatic carbocycles. The fourth-order valence-electron chi connectivity index (χ4n) is 4.11. The summed E-state index contributed by atoms with van der Waals surface area (Å²) in [4.78, 5) is 19.9. The lowest BCUT2D eigenvalue weighted by molar-refractivity contribution is 0.0522. The number of carbonyl (C=O) groups excluding carboxylic acids is 1. The number of fused-ring (bicyclic) bond motifs is 1. The van der Waals surface area contributed by atoms with Crippen molar-refractivity contribution >= 4 is 22.6 Å². The van der Waals surface area contributed by atoms with Crippen LogP contribution in [0.1, 0.15) is 35.0 Å². The van der Waals surface area contributed by atoms with E-state index in [2.05, 4.69) is 22.3 Å². The number of aryl methyl sites for hydroxylation is 1. The Kier molecular flexibility index (Phi) is 5.76. The Hall–Kier alpha value is -2.92. The number of benzene rings is 2. The molecule has 5 heteroatoms. The number of hydrogen-bond donors (Lipinski definition) is 1. The third-order valence-electron chi connectivity index (χ3n) is 5.50. The summed E-state index contributed by atoms with van der Waals surface area (Å²) >= 11 is 0. The highest BCUT2D eigenvalue weighted by molar-refractivity contribution is 5.98. The molecule has 150 valence electrons. The van der Waals surface area contributed by atoms with Gasteiger partial charge in [0.25, 0.3) is 0 Å². The number of esters is 1. The van der Waals surface area contributed by atoms with Crippen molar-refractivity contribution in [2.75, 3.05) is 25.0 Å². The Bertz CT molecular complexity index is 1000. The summed E-state index contributed by atoms with van der Waals surface area (Å²) in [7, 11) is 0. The Morgan fingerprint density at radius 2 is 1.93 bits per heavy atom. The molecule has 1 aliphatic rings. The van der Waals surface area contributed by atoms with Gasteiger partial charge in [0.15, 0.2) is 0 Å². The molecule has 1 saturated heterocycles. The molecular formula is C24H27N3O2. The predicted octanol–water partition coefficient (Wildman–Crippen LogP) is 4.41. The second kappa shape index (κ2) is 8.62. The summed E-state index contributed by atoms with van der Waals surface area (Å²) < 4.78 is 5.35. The van der Waals surface area contributed by atoms with E-state index in [1.807, 2.05) is 56.3 Å². The average molecular weight is 389 g/mol. The molecule has 1 aliphatic heterocycles. The second-order valence-electron chi connectivity index (χ2n) is 7.53. The maximum atomic E-state index is 12.7. The number of carbonyl (C=O) groups is 1. The van der Waals surface area contributed by atoms with Gasteiger partial charge in [0.05, 0.1) is 23.4 Å². The quantitative estimate of drug-likeness (QED) is 0.633. The van der Waals surface area contributed by atoms with Crippen LogP contribution in [0.4, 0.5) is 5.69 Å². The van der Waals surface area contributed by atoms with Crippen molar-refractivity contribution in [1.82, 2.24) is 9.88 Å². The lowest BCUT2D eigenvalue weighted by atomic mass is 10.0. The number of likely N-dealkylation sites (tertiary alicyclic amines) is 1. The zero-order valence-corrected chi connectivity index (χ0v) is 17.0. The second-order valence-corrected chi connectivity index (χ2v) is 7.53. The zero-order chi connectivity index (χ0) is 20.2. The van der Waals surface area contributed by atoms with Gasteiger partial charge in [-0.1, -0.05) is 36.4 Å². The van der Waals surface area contributed by atoms with E-state index in [9.17, 15) is 4.79 Å². The molecule has 1 N–H and O–H groups in total. The van der Waals surface area contributed by atoms with Crippen LogP contribution in [0.25, 0.3) is 10.9 Å². The van der Waals surface area contributed by atoms with Gasteiger partial charge in [-0.15, -0.1) is 0 Å². The average Bonchev–Trinajstić information content (AvgIpc) is 3.16. The monoisotopic (exact) mass is 389 g/mol. The minimum atomic E-state index is -0.281. The number of hydrogen-bond acceptors (Lipinski definition) is 5. The zero-order valence-electron chi connectivity index (χ0n) is 17.0. The van der Waals surface area contributed by atoms with Crippen LogP contribution in [-0.4, -0.2) is 41.6 Å². The van der Waals surface area contributed by atoms with Crippen molar-refractivity contribution in [2.45, 2.75) is 32.9 Å². The molecule has 0 spiro atoms. The highest BCUT2D eigenvalue weighted by Crippen LogP contribution is 2.26.